The predicted octanol–water partition coefficient (Wildman–Crippen LogP) is 4.23. The van der Waals surface area contributed by atoms with Gasteiger partial charge in [0.2, 0.25) is 0 Å². The summed E-state index contributed by atoms with van der Waals surface area (Å²) in [5.74, 6) is -0.779. The third kappa shape index (κ3) is 3.64. The van der Waals surface area contributed by atoms with E-state index in [1.165, 1.54) is 59.6 Å². The number of carbonyl (C=O) groups is 1. The third-order valence-electron chi connectivity index (χ3n) is 5.90. The summed E-state index contributed by atoms with van der Waals surface area (Å²) < 4.78 is 0. The van der Waals surface area contributed by atoms with Crippen molar-refractivity contribution in [2.45, 2.75) is 57.3 Å². The number of nitrogens with two attached hydrogens (primary N) is 1. The van der Waals surface area contributed by atoms with E-state index in [4.69, 9.17) is 10.8 Å². The number of rotatable bonds is 7. The molecule has 4 N–H and O–H groups in total. The second-order valence-corrected chi connectivity index (χ2v) is 8.42. The van der Waals surface area contributed by atoms with Gasteiger partial charge in [-0.2, -0.15) is 0 Å². The fourth-order valence-corrected chi connectivity index (χ4v) is 3.66. The van der Waals surface area contributed by atoms with E-state index < -0.39 is 11.9 Å². The molecule has 0 spiro atoms. The van der Waals surface area contributed by atoms with Crippen molar-refractivity contribution < 1.29 is 9.90 Å². The average Bonchev–Trinajstić information content (AvgIpc) is 3.55. The van der Waals surface area contributed by atoms with Crippen molar-refractivity contribution in [1.82, 2.24) is 4.98 Å². The molecule has 0 aliphatic heterocycles. The highest BCUT2D eigenvalue weighted by molar-refractivity contribution is 5.88. The van der Waals surface area contributed by atoms with E-state index >= 15 is 0 Å². The van der Waals surface area contributed by atoms with Gasteiger partial charge in [0, 0.05) is 46.5 Å². The highest BCUT2D eigenvalue weighted by atomic mass is 16.4. The van der Waals surface area contributed by atoms with E-state index in [1.54, 1.807) is 13.1 Å². The van der Waals surface area contributed by atoms with Crippen LogP contribution >= 0.6 is 0 Å². The molecule has 0 amide bonds. The van der Waals surface area contributed by atoms with E-state index in [2.05, 4.69) is 35.1 Å². The summed E-state index contributed by atoms with van der Waals surface area (Å²) in [6.07, 6.45) is 8.59. The van der Waals surface area contributed by atoms with Gasteiger partial charge in [-0.05, 0) is 55.7 Å². The predicted molar refractivity (Wildman–Crippen MR) is 108 cm³/mol. The zero-order valence-corrected chi connectivity index (χ0v) is 16.0. The summed E-state index contributed by atoms with van der Waals surface area (Å²) in [5.41, 5.74) is 12.3. The Balaban J connectivity index is 1.64. The SMILES string of the molecule is CC(C=N/C=C(\N)Cc1c(C2(C)CC2)[nH]c2cc(C3CC3)ccc12)C(=O)O. The van der Waals surface area contributed by atoms with E-state index in [-0.39, 0.29) is 5.41 Å². The number of hydrogen-bond acceptors (Lipinski definition) is 3. The molecule has 2 fully saturated rings. The number of nitrogens with zero attached hydrogens (tertiary/aromatic N) is 1. The molecule has 2 aromatic rings. The molecule has 1 aromatic carbocycles. The van der Waals surface area contributed by atoms with E-state index in [0.717, 1.165) is 5.92 Å². The molecule has 0 saturated heterocycles. The van der Waals surface area contributed by atoms with Gasteiger partial charge in [0.15, 0.2) is 0 Å². The van der Waals surface area contributed by atoms with Crippen molar-refractivity contribution in [3.63, 3.8) is 0 Å². The number of aliphatic carboxylic acids is 1. The van der Waals surface area contributed by atoms with Crippen molar-refractivity contribution >= 4 is 23.1 Å². The molecule has 5 heteroatoms. The monoisotopic (exact) mass is 365 g/mol. The summed E-state index contributed by atoms with van der Waals surface area (Å²) >= 11 is 0. The number of nitrogens with one attached hydrogen (secondary N) is 1. The van der Waals surface area contributed by atoms with Gasteiger partial charge in [-0.1, -0.05) is 19.1 Å². The Morgan fingerprint density at radius 3 is 2.81 bits per heavy atom. The first kappa shape index (κ1) is 17.8. The van der Waals surface area contributed by atoms with Crippen molar-refractivity contribution in [3.05, 3.63) is 46.9 Å². The number of hydrogen-bond donors (Lipinski definition) is 3. The Morgan fingerprint density at radius 2 is 2.19 bits per heavy atom. The first-order chi connectivity index (χ1) is 12.9. The number of carboxylic acids is 1. The minimum Gasteiger partial charge on any atom is -0.481 e. The van der Waals surface area contributed by atoms with Gasteiger partial charge in [-0.25, -0.2) is 0 Å². The summed E-state index contributed by atoms with van der Waals surface area (Å²) in [6, 6.07) is 6.79. The van der Waals surface area contributed by atoms with Crippen LogP contribution in [0.15, 0.2) is 35.1 Å². The Kier molecular flexibility index (Phi) is 4.33. The average molecular weight is 365 g/mol. The molecule has 4 rings (SSSR count). The molecule has 2 aliphatic carbocycles. The lowest BCUT2D eigenvalue weighted by Gasteiger charge is -2.10. The van der Waals surface area contributed by atoms with Crippen LogP contribution in [0.4, 0.5) is 0 Å². The van der Waals surface area contributed by atoms with Crippen molar-refractivity contribution in [1.29, 1.82) is 0 Å². The van der Waals surface area contributed by atoms with E-state index in [1.807, 2.05) is 0 Å². The van der Waals surface area contributed by atoms with Crippen LogP contribution in [0.5, 0.6) is 0 Å². The smallest absolute Gasteiger partial charge is 0.311 e. The molecular weight excluding hydrogens is 338 g/mol. The number of fused-ring (bicyclic) bond motifs is 1. The fourth-order valence-electron chi connectivity index (χ4n) is 3.66. The van der Waals surface area contributed by atoms with Gasteiger partial charge in [-0.3, -0.25) is 9.79 Å². The minimum absolute atomic E-state index is 0.218. The van der Waals surface area contributed by atoms with Gasteiger partial charge in [-0.15, -0.1) is 0 Å². The number of aromatic amines is 1. The molecule has 27 heavy (non-hydrogen) atoms. The molecular formula is C22H27N3O2. The Hall–Kier alpha value is -2.56. The first-order valence-electron chi connectivity index (χ1n) is 9.73. The zero-order chi connectivity index (χ0) is 19.2. The third-order valence-corrected chi connectivity index (χ3v) is 5.90. The summed E-state index contributed by atoms with van der Waals surface area (Å²) in [5, 5.41) is 10.2. The van der Waals surface area contributed by atoms with Gasteiger partial charge in [0.05, 0.1) is 5.92 Å². The molecule has 2 aliphatic rings. The molecule has 0 radical (unpaired) electrons. The molecule has 142 valence electrons. The standard InChI is InChI=1S/C22H27N3O2/c1-13(21(26)27)11-24-12-16(23)10-18-17-6-5-15(14-3-4-14)9-19(17)25-20(18)22(2)7-8-22/h5-6,9,11-14,25H,3-4,7-8,10,23H2,1-2H3,(H,26,27)/b16-12-,24-11?. The van der Waals surface area contributed by atoms with Crippen molar-refractivity contribution in [2.75, 3.05) is 0 Å². The minimum atomic E-state index is -0.891. The van der Waals surface area contributed by atoms with Crippen LogP contribution in [0.1, 0.15) is 62.3 Å². The summed E-state index contributed by atoms with van der Waals surface area (Å²) in [7, 11) is 0. The highest BCUT2D eigenvalue weighted by Gasteiger charge is 2.42. The van der Waals surface area contributed by atoms with E-state index in [0.29, 0.717) is 12.1 Å². The fraction of sp³-hybridized carbons (Fsp3) is 0.455. The molecule has 1 unspecified atom stereocenters. The Bertz CT molecular complexity index is 946. The van der Waals surface area contributed by atoms with Crippen LogP contribution in [0.3, 0.4) is 0 Å². The van der Waals surface area contributed by atoms with Gasteiger partial charge in [0.1, 0.15) is 0 Å². The van der Waals surface area contributed by atoms with Crippen LogP contribution in [0, 0.1) is 5.92 Å². The Morgan fingerprint density at radius 1 is 1.44 bits per heavy atom. The molecule has 2 saturated carbocycles. The normalized spacial score (nSPS) is 20.3. The molecule has 1 aromatic heterocycles. The number of benzene rings is 1. The molecule has 0 bridgehead atoms. The van der Waals surface area contributed by atoms with Crippen LogP contribution in [0.25, 0.3) is 10.9 Å². The topological polar surface area (TPSA) is 91.5 Å². The highest BCUT2D eigenvalue weighted by Crippen LogP contribution is 2.50. The van der Waals surface area contributed by atoms with Crippen LogP contribution in [-0.2, 0) is 16.6 Å². The lowest BCUT2D eigenvalue weighted by Crippen LogP contribution is -2.10. The number of carboxylic acid groups (broad SMARTS) is 1. The molecule has 1 atom stereocenters. The second-order valence-electron chi connectivity index (χ2n) is 8.42. The lowest BCUT2D eigenvalue weighted by molar-refractivity contribution is -0.138. The van der Waals surface area contributed by atoms with Crippen LogP contribution in [-0.4, -0.2) is 22.3 Å². The quantitative estimate of drug-likeness (QED) is 0.641. The molecule has 5 nitrogen and oxygen atoms in total. The van der Waals surface area contributed by atoms with Gasteiger partial charge < -0.3 is 15.8 Å². The number of aromatic nitrogens is 1. The number of allylic oxidation sites excluding steroid dienone is 1. The second kappa shape index (κ2) is 6.55. The van der Waals surface area contributed by atoms with Crippen LogP contribution < -0.4 is 5.73 Å². The summed E-state index contributed by atoms with van der Waals surface area (Å²) in [6.45, 7) is 3.90. The maximum absolute atomic E-state index is 10.9. The maximum atomic E-state index is 10.9. The zero-order valence-electron chi connectivity index (χ0n) is 16.0. The number of aliphatic imine (C=N–C) groups is 1. The lowest BCUT2D eigenvalue weighted by atomic mass is 9.96. The Labute approximate surface area is 159 Å². The van der Waals surface area contributed by atoms with Crippen molar-refractivity contribution in [3.8, 4) is 0 Å². The van der Waals surface area contributed by atoms with E-state index in [9.17, 15) is 4.79 Å². The van der Waals surface area contributed by atoms with Gasteiger partial charge in [0.25, 0.3) is 0 Å². The van der Waals surface area contributed by atoms with Crippen LogP contribution in [0.2, 0.25) is 0 Å². The largest absolute Gasteiger partial charge is 0.481 e. The van der Waals surface area contributed by atoms with Crippen molar-refractivity contribution in [2.24, 2.45) is 16.6 Å². The summed E-state index contributed by atoms with van der Waals surface area (Å²) in [4.78, 5) is 18.7. The number of H-pyrrole nitrogens is 1. The first-order valence-corrected chi connectivity index (χ1v) is 9.73. The molecule has 1 heterocycles. The maximum Gasteiger partial charge on any atom is 0.311 e. The van der Waals surface area contributed by atoms with Gasteiger partial charge >= 0.3 is 5.97 Å².